The van der Waals surface area contributed by atoms with E-state index >= 15 is 0 Å². The second-order valence-corrected chi connectivity index (χ2v) is 4.79. The molecule has 19 heavy (non-hydrogen) atoms. The normalized spacial score (nSPS) is 10.6. The first-order valence-electron chi connectivity index (χ1n) is 7.05. The third kappa shape index (κ3) is 3.98. The molecule has 0 unspecified atom stereocenters. The van der Waals surface area contributed by atoms with Gasteiger partial charge in [0.2, 0.25) is 5.75 Å². The molecule has 0 spiro atoms. The van der Waals surface area contributed by atoms with Gasteiger partial charge in [-0.1, -0.05) is 13.8 Å². The summed E-state index contributed by atoms with van der Waals surface area (Å²) in [5, 5.41) is 3.29. The summed E-state index contributed by atoms with van der Waals surface area (Å²) in [6.45, 7) is 10.5. The van der Waals surface area contributed by atoms with Gasteiger partial charge in [-0.25, -0.2) is 9.97 Å². The predicted molar refractivity (Wildman–Crippen MR) is 80.1 cm³/mol. The van der Waals surface area contributed by atoms with Gasteiger partial charge >= 0.3 is 0 Å². The van der Waals surface area contributed by atoms with Crippen molar-refractivity contribution in [2.24, 2.45) is 0 Å². The van der Waals surface area contributed by atoms with Gasteiger partial charge < -0.3 is 15.0 Å². The van der Waals surface area contributed by atoms with E-state index in [1.807, 2.05) is 0 Å². The van der Waals surface area contributed by atoms with Crippen molar-refractivity contribution in [1.82, 2.24) is 9.97 Å². The number of hydrogen-bond acceptors (Lipinski definition) is 5. The van der Waals surface area contributed by atoms with E-state index in [1.54, 1.807) is 13.4 Å². The van der Waals surface area contributed by atoms with Crippen LogP contribution in [0.1, 0.15) is 40.5 Å². The van der Waals surface area contributed by atoms with Crippen molar-refractivity contribution in [3.05, 3.63) is 6.33 Å². The van der Waals surface area contributed by atoms with Gasteiger partial charge in [0.25, 0.3) is 0 Å². The molecule has 1 N–H and O–H groups in total. The SMILES string of the molecule is CCCNc1ncnc(N(CCC)C(C)C)c1OC. The van der Waals surface area contributed by atoms with Crippen LogP contribution in [-0.4, -0.2) is 36.2 Å². The van der Waals surface area contributed by atoms with E-state index in [4.69, 9.17) is 4.74 Å². The van der Waals surface area contributed by atoms with Crippen molar-refractivity contribution < 1.29 is 4.74 Å². The highest BCUT2D eigenvalue weighted by molar-refractivity contribution is 5.65. The summed E-state index contributed by atoms with van der Waals surface area (Å²) in [5.74, 6) is 2.38. The summed E-state index contributed by atoms with van der Waals surface area (Å²) in [7, 11) is 1.67. The molecular weight excluding hydrogens is 240 g/mol. The minimum atomic E-state index is 0.378. The molecule has 1 rings (SSSR count). The molecule has 0 bridgehead atoms. The molecule has 5 nitrogen and oxygen atoms in total. The highest BCUT2D eigenvalue weighted by atomic mass is 16.5. The van der Waals surface area contributed by atoms with Crippen LogP contribution in [0.5, 0.6) is 5.75 Å². The van der Waals surface area contributed by atoms with Crippen LogP contribution in [0.2, 0.25) is 0 Å². The second-order valence-electron chi connectivity index (χ2n) is 4.79. The van der Waals surface area contributed by atoms with Gasteiger partial charge in [-0.15, -0.1) is 0 Å². The minimum Gasteiger partial charge on any atom is -0.490 e. The van der Waals surface area contributed by atoms with Crippen molar-refractivity contribution in [2.75, 3.05) is 30.4 Å². The van der Waals surface area contributed by atoms with Crippen molar-refractivity contribution >= 4 is 11.6 Å². The number of methoxy groups -OCH3 is 1. The molecule has 0 saturated heterocycles. The Morgan fingerprint density at radius 2 is 2.00 bits per heavy atom. The van der Waals surface area contributed by atoms with Gasteiger partial charge in [-0.3, -0.25) is 0 Å². The van der Waals surface area contributed by atoms with Crippen molar-refractivity contribution in [1.29, 1.82) is 0 Å². The number of nitrogens with zero attached hydrogens (tertiary/aromatic N) is 3. The molecule has 0 atom stereocenters. The number of hydrogen-bond donors (Lipinski definition) is 1. The van der Waals surface area contributed by atoms with Crippen LogP contribution in [-0.2, 0) is 0 Å². The van der Waals surface area contributed by atoms with Crippen LogP contribution >= 0.6 is 0 Å². The fourth-order valence-corrected chi connectivity index (χ4v) is 1.98. The standard InChI is InChI=1S/C14H26N4O/c1-6-8-15-13-12(19-5)14(17-10-16-13)18(9-7-2)11(3)4/h10-11H,6-9H2,1-5H3,(H,15,16,17). The molecule has 1 aromatic rings. The van der Waals surface area contributed by atoms with Gasteiger partial charge in [0.15, 0.2) is 11.6 Å². The lowest BCUT2D eigenvalue weighted by atomic mass is 10.2. The Kier molecular flexibility index (Phi) is 6.39. The summed E-state index contributed by atoms with van der Waals surface area (Å²) < 4.78 is 5.52. The van der Waals surface area contributed by atoms with Crippen LogP contribution in [0, 0.1) is 0 Å². The molecule has 1 heterocycles. The molecule has 0 saturated carbocycles. The van der Waals surface area contributed by atoms with Crippen LogP contribution in [0.25, 0.3) is 0 Å². The maximum Gasteiger partial charge on any atom is 0.204 e. The maximum absolute atomic E-state index is 5.52. The minimum absolute atomic E-state index is 0.378. The van der Waals surface area contributed by atoms with E-state index in [9.17, 15) is 0 Å². The highest BCUT2D eigenvalue weighted by Crippen LogP contribution is 2.32. The Balaban J connectivity index is 3.10. The van der Waals surface area contributed by atoms with Gasteiger partial charge in [0, 0.05) is 19.1 Å². The lowest BCUT2D eigenvalue weighted by Gasteiger charge is -2.29. The predicted octanol–water partition coefficient (Wildman–Crippen LogP) is 2.93. The van der Waals surface area contributed by atoms with Gasteiger partial charge in [-0.2, -0.15) is 0 Å². The lowest BCUT2D eigenvalue weighted by molar-refractivity contribution is 0.410. The molecule has 108 valence electrons. The van der Waals surface area contributed by atoms with Crippen LogP contribution in [0.4, 0.5) is 11.6 Å². The Hall–Kier alpha value is -1.52. The zero-order chi connectivity index (χ0) is 14.3. The lowest BCUT2D eigenvalue weighted by Crippen LogP contribution is -2.32. The molecule has 0 aliphatic rings. The summed E-state index contributed by atoms with van der Waals surface area (Å²) in [6, 6.07) is 0.378. The molecule has 0 radical (unpaired) electrons. The molecule has 0 aliphatic carbocycles. The van der Waals surface area contributed by atoms with Crippen LogP contribution in [0.15, 0.2) is 6.33 Å². The van der Waals surface area contributed by atoms with E-state index in [-0.39, 0.29) is 0 Å². The van der Waals surface area contributed by atoms with Crippen molar-refractivity contribution in [3.8, 4) is 5.75 Å². The van der Waals surface area contributed by atoms with E-state index in [0.29, 0.717) is 6.04 Å². The summed E-state index contributed by atoms with van der Waals surface area (Å²) in [6.07, 6.45) is 3.72. The fourth-order valence-electron chi connectivity index (χ4n) is 1.98. The largest absolute Gasteiger partial charge is 0.490 e. The first-order chi connectivity index (χ1) is 9.15. The number of anilines is 2. The molecule has 0 aliphatic heterocycles. The Bertz CT molecular complexity index is 382. The summed E-state index contributed by atoms with van der Waals surface area (Å²) in [5.41, 5.74) is 0. The van der Waals surface area contributed by atoms with E-state index in [0.717, 1.165) is 43.3 Å². The average molecular weight is 266 g/mol. The number of ether oxygens (including phenoxy) is 1. The van der Waals surface area contributed by atoms with Crippen molar-refractivity contribution in [2.45, 2.75) is 46.6 Å². The number of rotatable bonds is 8. The third-order valence-corrected chi connectivity index (χ3v) is 2.89. The fraction of sp³-hybridized carbons (Fsp3) is 0.714. The van der Waals surface area contributed by atoms with Crippen molar-refractivity contribution in [3.63, 3.8) is 0 Å². The van der Waals surface area contributed by atoms with E-state index < -0.39 is 0 Å². The highest BCUT2D eigenvalue weighted by Gasteiger charge is 2.19. The maximum atomic E-state index is 5.52. The zero-order valence-corrected chi connectivity index (χ0v) is 12.7. The second kappa shape index (κ2) is 7.81. The van der Waals surface area contributed by atoms with Gasteiger partial charge in [0.05, 0.1) is 7.11 Å². The third-order valence-electron chi connectivity index (χ3n) is 2.89. The monoisotopic (exact) mass is 266 g/mol. The number of nitrogens with one attached hydrogen (secondary N) is 1. The van der Waals surface area contributed by atoms with Crippen LogP contribution < -0.4 is 15.0 Å². The van der Waals surface area contributed by atoms with E-state index in [1.165, 1.54) is 0 Å². The van der Waals surface area contributed by atoms with E-state index in [2.05, 4.69) is 47.9 Å². The summed E-state index contributed by atoms with van der Waals surface area (Å²) in [4.78, 5) is 10.9. The first kappa shape index (κ1) is 15.5. The quantitative estimate of drug-likeness (QED) is 0.784. The first-order valence-corrected chi connectivity index (χ1v) is 7.05. The molecule has 0 amide bonds. The average Bonchev–Trinajstić information content (AvgIpc) is 2.41. The number of aromatic nitrogens is 2. The molecule has 0 aromatic carbocycles. The Morgan fingerprint density at radius 1 is 1.26 bits per heavy atom. The molecular formula is C14H26N4O. The van der Waals surface area contributed by atoms with Crippen LogP contribution in [0.3, 0.4) is 0 Å². The summed E-state index contributed by atoms with van der Waals surface area (Å²) >= 11 is 0. The molecule has 1 aromatic heterocycles. The zero-order valence-electron chi connectivity index (χ0n) is 12.7. The Morgan fingerprint density at radius 3 is 2.53 bits per heavy atom. The topological polar surface area (TPSA) is 50.3 Å². The smallest absolute Gasteiger partial charge is 0.204 e. The van der Waals surface area contributed by atoms with Gasteiger partial charge in [0.1, 0.15) is 6.33 Å². The molecule has 5 heteroatoms. The molecule has 0 fully saturated rings. The Labute approximate surface area is 116 Å². The van der Waals surface area contributed by atoms with Gasteiger partial charge in [-0.05, 0) is 26.7 Å².